The molecule has 1 saturated heterocycles. The molecule has 1 aliphatic heterocycles. The standard InChI is InChI=1S/C18H19N5OS.ClH/c24-18(23-14-19-17(20-23)16-7-4-12-25-16)22-10-8-21(9-11-22)13-15-5-2-1-3-6-15;/h1-7,12,14H,8-11,13H2;1H. The van der Waals surface area contributed by atoms with Gasteiger partial charge in [-0.05, 0) is 17.0 Å². The van der Waals surface area contributed by atoms with Crippen LogP contribution in [0.25, 0.3) is 10.7 Å². The van der Waals surface area contributed by atoms with Gasteiger partial charge in [0.05, 0.1) is 4.88 Å². The number of amides is 1. The van der Waals surface area contributed by atoms with Gasteiger partial charge in [0.15, 0.2) is 5.82 Å². The first-order valence-electron chi connectivity index (χ1n) is 8.31. The number of halogens is 1. The number of nitrogens with zero attached hydrogens (tertiary/aromatic N) is 5. The van der Waals surface area contributed by atoms with Crippen LogP contribution in [-0.4, -0.2) is 56.8 Å². The maximum absolute atomic E-state index is 12.6. The summed E-state index contributed by atoms with van der Waals surface area (Å²) >= 11 is 1.57. The van der Waals surface area contributed by atoms with Gasteiger partial charge in [-0.15, -0.1) is 28.8 Å². The summed E-state index contributed by atoms with van der Waals surface area (Å²) in [6.07, 6.45) is 1.51. The highest BCUT2D eigenvalue weighted by atomic mass is 35.5. The summed E-state index contributed by atoms with van der Waals surface area (Å²) in [5, 5.41) is 6.30. The number of rotatable bonds is 3. The highest BCUT2D eigenvalue weighted by Crippen LogP contribution is 2.20. The summed E-state index contributed by atoms with van der Waals surface area (Å²) in [7, 11) is 0. The third-order valence-corrected chi connectivity index (χ3v) is 5.19. The average Bonchev–Trinajstić information content (AvgIpc) is 3.34. The lowest BCUT2D eigenvalue weighted by atomic mass is 10.2. The van der Waals surface area contributed by atoms with Crippen LogP contribution in [-0.2, 0) is 6.54 Å². The van der Waals surface area contributed by atoms with Crippen molar-refractivity contribution >= 4 is 29.8 Å². The van der Waals surface area contributed by atoms with Crippen LogP contribution in [0.5, 0.6) is 0 Å². The summed E-state index contributed by atoms with van der Waals surface area (Å²) in [6, 6.07) is 14.2. The third-order valence-electron chi connectivity index (χ3n) is 4.32. The van der Waals surface area contributed by atoms with Gasteiger partial charge in [0.1, 0.15) is 6.33 Å². The number of hydrogen-bond acceptors (Lipinski definition) is 5. The number of hydrogen-bond donors (Lipinski definition) is 0. The van der Waals surface area contributed by atoms with Crippen LogP contribution >= 0.6 is 23.7 Å². The molecule has 1 amide bonds. The maximum Gasteiger partial charge on any atom is 0.346 e. The fourth-order valence-corrected chi connectivity index (χ4v) is 3.62. The fraction of sp³-hybridized carbons (Fsp3) is 0.278. The number of piperazine rings is 1. The first-order valence-corrected chi connectivity index (χ1v) is 9.19. The van der Waals surface area contributed by atoms with Crippen LogP contribution in [0.3, 0.4) is 0 Å². The van der Waals surface area contributed by atoms with Crippen LogP contribution < -0.4 is 0 Å². The molecule has 136 valence electrons. The molecule has 0 spiro atoms. The predicted octanol–water partition coefficient (Wildman–Crippen LogP) is 3.21. The minimum atomic E-state index is -0.102. The van der Waals surface area contributed by atoms with Gasteiger partial charge in [-0.2, -0.15) is 4.68 Å². The molecule has 0 aliphatic carbocycles. The average molecular weight is 390 g/mol. The van der Waals surface area contributed by atoms with E-state index in [2.05, 4.69) is 39.2 Å². The van der Waals surface area contributed by atoms with Crippen LogP contribution in [0, 0.1) is 0 Å². The highest BCUT2D eigenvalue weighted by molar-refractivity contribution is 7.13. The zero-order valence-corrected chi connectivity index (χ0v) is 15.8. The Kier molecular flexibility index (Phi) is 6.03. The summed E-state index contributed by atoms with van der Waals surface area (Å²) in [6.45, 7) is 4.08. The van der Waals surface area contributed by atoms with E-state index in [1.165, 1.54) is 16.6 Å². The summed E-state index contributed by atoms with van der Waals surface area (Å²) in [4.78, 5) is 22.1. The van der Waals surface area contributed by atoms with Gasteiger partial charge in [0.2, 0.25) is 0 Å². The molecule has 0 bridgehead atoms. The molecule has 26 heavy (non-hydrogen) atoms. The van der Waals surface area contributed by atoms with Gasteiger partial charge in [-0.3, -0.25) is 4.90 Å². The summed E-state index contributed by atoms with van der Waals surface area (Å²) in [5.41, 5.74) is 1.30. The van der Waals surface area contributed by atoms with Gasteiger partial charge in [0, 0.05) is 32.7 Å². The number of carbonyl (C=O) groups excluding carboxylic acids is 1. The van der Waals surface area contributed by atoms with Crippen molar-refractivity contribution in [1.29, 1.82) is 0 Å². The number of benzene rings is 1. The third kappa shape index (κ3) is 4.12. The first-order chi connectivity index (χ1) is 12.3. The Morgan fingerprint density at radius 3 is 2.50 bits per heavy atom. The monoisotopic (exact) mass is 389 g/mol. The molecule has 4 rings (SSSR count). The molecule has 1 aromatic carbocycles. The molecular weight excluding hydrogens is 370 g/mol. The van der Waals surface area contributed by atoms with Crippen LogP contribution in [0.15, 0.2) is 54.2 Å². The van der Waals surface area contributed by atoms with Crippen molar-refractivity contribution in [2.75, 3.05) is 26.2 Å². The molecule has 0 unspecified atom stereocenters. The molecule has 6 nitrogen and oxygen atoms in total. The molecular formula is C18H20ClN5OS. The predicted molar refractivity (Wildman–Crippen MR) is 105 cm³/mol. The highest BCUT2D eigenvalue weighted by Gasteiger charge is 2.23. The summed E-state index contributed by atoms with van der Waals surface area (Å²) < 4.78 is 1.35. The molecule has 0 saturated carbocycles. The van der Waals surface area contributed by atoms with Crippen molar-refractivity contribution in [1.82, 2.24) is 24.6 Å². The minimum absolute atomic E-state index is 0. The van der Waals surface area contributed by atoms with E-state index in [1.807, 2.05) is 28.5 Å². The van der Waals surface area contributed by atoms with Gasteiger partial charge in [-0.25, -0.2) is 9.78 Å². The number of carbonyl (C=O) groups is 1. The van der Waals surface area contributed by atoms with E-state index in [9.17, 15) is 4.79 Å². The van der Waals surface area contributed by atoms with E-state index in [-0.39, 0.29) is 18.4 Å². The maximum atomic E-state index is 12.6. The molecule has 3 heterocycles. The van der Waals surface area contributed by atoms with Crippen molar-refractivity contribution in [2.24, 2.45) is 0 Å². The Balaban J connectivity index is 0.00000196. The second kappa shape index (κ2) is 8.44. The molecule has 1 fully saturated rings. The van der Waals surface area contributed by atoms with Crippen LogP contribution in [0.1, 0.15) is 5.56 Å². The molecule has 3 aromatic rings. The van der Waals surface area contributed by atoms with E-state index < -0.39 is 0 Å². The Labute approximate surface area is 162 Å². The Hall–Kier alpha value is -2.22. The molecule has 2 aromatic heterocycles. The van der Waals surface area contributed by atoms with Crippen molar-refractivity contribution < 1.29 is 4.79 Å². The number of thiophene rings is 1. The first kappa shape index (κ1) is 18.6. The topological polar surface area (TPSA) is 54.3 Å². The zero-order chi connectivity index (χ0) is 17.1. The van der Waals surface area contributed by atoms with E-state index in [0.29, 0.717) is 18.9 Å². The van der Waals surface area contributed by atoms with Crippen molar-refractivity contribution in [2.45, 2.75) is 6.54 Å². The molecule has 8 heteroatoms. The van der Waals surface area contributed by atoms with E-state index >= 15 is 0 Å². The SMILES string of the molecule is Cl.O=C(N1CCN(Cc2ccccc2)CC1)n1cnc(-c2cccs2)n1. The van der Waals surface area contributed by atoms with Gasteiger partial charge >= 0.3 is 6.03 Å². The van der Waals surface area contributed by atoms with Crippen molar-refractivity contribution in [3.63, 3.8) is 0 Å². The minimum Gasteiger partial charge on any atom is -0.320 e. The second-order valence-corrected chi connectivity index (χ2v) is 6.97. The summed E-state index contributed by atoms with van der Waals surface area (Å²) in [5.74, 6) is 0.603. The second-order valence-electron chi connectivity index (χ2n) is 6.02. The van der Waals surface area contributed by atoms with E-state index in [4.69, 9.17) is 0 Å². The van der Waals surface area contributed by atoms with Crippen LogP contribution in [0.4, 0.5) is 4.79 Å². The number of aromatic nitrogens is 3. The lowest BCUT2D eigenvalue weighted by molar-refractivity contribution is 0.134. The van der Waals surface area contributed by atoms with Crippen LogP contribution in [0.2, 0.25) is 0 Å². The normalized spacial score (nSPS) is 14.8. The molecule has 0 atom stereocenters. The Morgan fingerprint density at radius 2 is 1.81 bits per heavy atom. The largest absolute Gasteiger partial charge is 0.346 e. The van der Waals surface area contributed by atoms with E-state index in [0.717, 1.165) is 24.5 Å². The molecule has 0 radical (unpaired) electrons. The lowest BCUT2D eigenvalue weighted by Gasteiger charge is -2.34. The van der Waals surface area contributed by atoms with E-state index in [1.54, 1.807) is 11.3 Å². The smallest absolute Gasteiger partial charge is 0.320 e. The van der Waals surface area contributed by atoms with Gasteiger partial charge < -0.3 is 4.90 Å². The van der Waals surface area contributed by atoms with Crippen molar-refractivity contribution in [3.05, 3.63) is 59.7 Å². The quantitative estimate of drug-likeness (QED) is 0.690. The lowest BCUT2D eigenvalue weighted by Crippen LogP contribution is -2.49. The molecule has 0 N–H and O–H groups in total. The van der Waals surface area contributed by atoms with Crippen molar-refractivity contribution in [3.8, 4) is 10.7 Å². The van der Waals surface area contributed by atoms with Gasteiger partial charge in [-0.1, -0.05) is 36.4 Å². The molecule has 1 aliphatic rings. The Bertz CT molecular complexity index is 828. The fourth-order valence-electron chi connectivity index (χ4n) is 2.96. The Morgan fingerprint density at radius 1 is 1.04 bits per heavy atom. The van der Waals surface area contributed by atoms with Gasteiger partial charge in [0.25, 0.3) is 0 Å². The zero-order valence-electron chi connectivity index (χ0n) is 14.2.